The highest BCUT2D eigenvalue weighted by atomic mass is 19.1. The number of ketones is 1. The first-order chi connectivity index (χ1) is 15.7. The third-order valence-corrected chi connectivity index (χ3v) is 5.91. The van der Waals surface area contributed by atoms with E-state index in [0.29, 0.717) is 22.6 Å². The number of amides is 1. The first-order valence-electron chi connectivity index (χ1n) is 10.5. The van der Waals surface area contributed by atoms with E-state index in [0.717, 1.165) is 11.1 Å². The Balaban J connectivity index is 2.00. The van der Waals surface area contributed by atoms with Gasteiger partial charge in [-0.15, -0.1) is 0 Å². The molecular weight excluding hydrogens is 421 g/mol. The van der Waals surface area contributed by atoms with Crippen molar-refractivity contribution in [1.29, 1.82) is 0 Å². The van der Waals surface area contributed by atoms with Crippen LogP contribution in [-0.2, 0) is 9.59 Å². The van der Waals surface area contributed by atoms with Gasteiger partial charge in [-0.2, -0.15) is 0 Å². The van der Waals surface area contributed by atoms with Gasteiger partial charge in [0.1, 0.15) is 17.3 Å². The Kier molecular flexibility index (Phi) is 5.77. The molecule has 1 amide bonds. The summed E-state index contributed by atoms with van der Waals surface area (Å²) in [6.07, 6.45) is 0. The number of aliphatic hydroxyl groups is 1. The van der Waals surface area contributed by atoms with E-state index in [1.807, 2.05) is 32.0 Å². The van der Waals surface area contributed by atoms with Crippen LogP contribution in [0, 0.1) is 26.6 Å². The molecular formula is C27H24FNO4. The van der Waals surface area contributed by atoms with Crippen LogP contribution >= 0.6 is 0 Å². The second kappa shape index (κ2) is 8.54. The number of Topliss-reactive ketones (excluding diaryl/α,β-unsaturated/α-hetero) is 1. The molecule has 3 aromatic rings. The van der Waals surface area contributed by atoms with E-state index in [1.54, 1.807) is 31.2 Å². The van der Waals surface area contributed by atoms with E-state index in [-0.39, 0.29) is 16.9 Å². The van der Waals surface area contributed by atoms with E-state index < -0.39 is 23.5 Å². The molecule has 1 atom stereocenters. The van der Waals surface area contributed by atoms with Crippen LogP contribution in [0.25, 0.3) is 5.76 Å². The van der Waals surface area contributed by atoms with E-state index in [2.05, 4.69) is 0 Å². The number of carbonyl (C=O) groups is 2. The number of ether oxygens (including phenoxy) is 1. The van der Waals surface area contributed by atoms with Gasteiger partial charge in [-0.25, -0.2) is 4.39 Å². The molecule has 4 rings (SSSR count). The van der Waals surface area contributed by atoms with E-state index in [4.69, 9.17) is 4.74 Å². The van der Waals surface area contributed by atoms with Gasteiger partial charge in [0.25, 0.3) is 11.7 Å². The van der Waals surface area contributed by atoms with Gasteiger partial charge < -0.3 is 9.84 Å². The van der Waals surface area contributed by atoms with Crippen LogP contribution in [0.1, 0.15) is 33.9 Å². The lowest BCUT2D eigenvalue weighted by molar-refractivity contribution is -0.132. The lowest BCUT2D eigenvalue weighted by atomic mass is 9.94. The molecule has 1 aliphatic heterocycles. The second-order valence-corrected chi connectivity index (χ2v) is 8.20. The molecule has 3 aromatic carbocycles. The van der Waals surface area contributed by atoms with Crippen LogP contribution in [0.2, 0.25) is 0 Å². The van der Waals surface area contributed by atoms with E-state index in [9.17, 15) is 19.1 Å². The Labute approximate surface area is 191 Å². The SMILES string of the molecule is COc1cccc(C2/C(=C(/O)c3ccc(F)c(C)c3)C(=O)C(=O)N2c2cc(C)ccc2C)c1. The van der Waals surface area contributed by atoms with Gasteiger partial charge in [0, 0.05) is 11.3 Å². The van der Waals surface area contributed by atoms with Crippen molar-refractivity contribution in [3.8, 4) is 5.75 Å². The Morgan fingerprint density at radius 1 is 0.970 bits per heavy atom. The number of halogens is 1. The van der Waals surface area contributed by atoms with Crippen molar-refractivity contribution in [2.24, 2.45) is 0 Å². The highest BCUT2D eigenvalue weighted by Crippen LogP contribution is 2.44. The predicted molar refractivity (Wildman–Crippen MR) is 125 cm³/mol. The number of carbonyl (C=O) groups excluding carboxylic acids is 2. The fourth-order valence-electron chi connectivity index (χ4n) is 4.13. The van der Waals surface area contributed by atoms with Gasteiger partial charge in [-0.3, -0.25) is 14.5 Å². The number of hydrogen-bond donors (Lipinski definition) is 1. The van der Waals surface area contributed by atoms with Crippen molar-refractivity contribution < 1.29 is 23.8 Å². The zero-order valence-electron chi connectivity index (χ0n) is 18.8. The molecule has 168 valence electrons. The minimum Gasteiger partial charge on any atom is -0.507 e. The van der Waals surface area contributed by atoms with Crippen molar-refractivity contribution in [3.63, 3.8) is 0 Å². The van der Waals surface area contributed by atoms with E-state index in [1.165, 1.54) is 30.2 Å². The standard InChI is InChI=1S/C27H24FNO4/c1-15-8-9-16(2)22(12-15)29-24(18-6-5-7-20(14-18)33-4)23(26(31)27(29)32)25(30)19-10-11-21(28)17(3)13-19/h5-14,24,30H,1-4H3/b25-23-. The zero-order chi connectivity index (χ0) is 23.9. The Hall–Kier alpha value is -3.93. The predicted octanol–water partition coefficient (Wildman–Crippen LogP) is 5.39. The van der Waals surface area contributed by atoms with E-state index >= 15 is 0 Å². The molecule has 1 unspecified atom stereocenters. The molecule has 1 saturated heterocycles. The molecule has 0 bridgehead atoms. The summed E-state index contributed by atoms with van der Waals surface area (Å²) in [5.74, 6) is -1.76. The normalized spacial score (nSPS) is 17.5. The summed E-state index contributed by atoms with van der Waals surface area (Å²) in [5.41, 5.74) is 3.46. The summed E-state index contributed by atoms with van der Waals surface area (Å²) < 4.78 is 19.2. The van der Waals surface area contributed by atoms with Crippen LogP contribution in [0.5, 0.6) is 5.75 Å². The van der Waals surface area contributed by atoms with Crippen LogP contribution in [0.4, 0.5) is 10.1 Å². The average Bonchev–Trinajstić information content (AvgIpc) is 3.07. The molecule has 5 nitrogen and oxygen atoms in total. The molecule has 0 saturated carbocycles. The lowest BCUT2D eigenvalue weighted by Gasteiger charge is -2.27. The van der Waals surface area contributed by atoms with Crippen molar-refractivity contribution in [1.82, 2.24) is 0 Å². The molecule has 0 aromatic heterocycles. The largest absolute Gasteiger partial charge is 0.507 e. The number of rotatable bonds is 4. The maximum atomic E-state index is 13.8. The quantitative estimate of drug-likeness (QED) is 0.332. The van der Waals surface area contributed by atoms with Gasteiger partial charge in [-0.05, 0) is 79.4 Å². The molecule has 1 aliphatic rings. The maximum Gasteiger partial charge on any atom is 0.300 e. The maximum absolute atomic E-state index is 13.8. The minimum absolute atomic E-state index is 0.0554. The van der Waals surface area contributed by atoms with Crippen LogP contribution in [0.15, 0.2) is 66.2 Å². The summed E-state index contributed by atoms with van der Waals surface area (Å²) in [7, 11) is 1.53. The third-order valence-electron chi connectivity index (χ3n) is 5.91. The summed E-state index contributed by atoms with van der Waals surface area (Å²) in [5, 5.41) is 11.2. The fourth-order valence-corrected chi connectivity index (χ4v) is 4.13. The number of aryl methyl sites for hydroxylation is 3. The molecule has 33 heavy (non-hydrogen) atoms. The Morgan fingerprint density at radius 2 is 1.73 bits per heavy atom. The summed E-state index contributed by atoms with van der Waals surface area (Å²) in [4.78, 5) is 28.0. The number of nitrogens with zero attached hydrogens (tertiary/aromatic N) is 1. The minimum atomic E-state index is -0.883. The molecule has 1 fully saturated rings. The monoisotopic (exact) mass is 445 g/mol. The number of hydrogen-bond acceptors (Lipinski definition) is 4. The van der Waals surface area contributed by atoms with Crippen molar-refractivity contribution >= 4 is 23.1 Å². The average molecular weight is 445 g/mol. The van der Waals surface area contributed by atoms with Crippen LogP contribution in [-0.4, -0.2) is 23.9 Å². The number of aliphatic hydroxyl groups excluding tert-OH is 1. The lowest BCUT2D eigenvalue weighted by Crippen LogP contribution is -2.30. The van der Waals surface area contributed by atoms with Gasteiger partial charge >= 0.3 is 0 Å². The van der Waals surface area contributed by atoms with Crippen molar-refractivity contribution in [2.75, 3.05) is 12.0 Å². The van der Waals surface area contributed by atoms with Crippen LogP contribution < -0.4 is 9.64 Å². The number of anilines is 1. The summed E-state index contributed by atoms with van der Waals surface area (Å²) in [6, 6.07) is 15.9. The zero-order valence-corrected chi connectivity index (χ0v) is 18.8. The van der Waals surface area contributed by atoms with Crippen LogP contribution in [0.3, 0.4) is 0 Å². The highest BCUT2D eigenvalue weighted by Gasteiger charge is 2.47. The fraction of sp³-hybridized carbons (Fsp3) is 0.185. The van der Waals surface area contributed by atoms with Crippen molar-refractivity contribution in [3.05, 3.63) is 99.9 Å². The Bertz CT molecular complexity index is 1310. The smallest absolute Gasteiger partial charge is 0.300 e. The van der Waals surface area contributed by atoms with Crippen molar-refractivity contribution in [2.45, 2.75) is 26.8 Å². The molecule has 1 heterocycles. The summed E-state index contributed by atoms with van der Waals surface area (Å²) in [6.45, 7) is 5.34. The van der Waals surface area contributed by atoms with Gasteiger partial charge in [-0.1, -0.05) is 24.3 Å². The molecule has 1 N–H and O–H groups in total. The third kappa shape index (κ3) is 3.89. The Morgan fingerprint density at radius 3 is 2.42 bits per heavy atom. The number of benzene rings is 3. The molecule has 6 heteroatoms. The topological polar surface area (TPSA) is 66.8 Å². The molecule has 0 aliphatic carbocycles. The second-order valence-electron chi connectivity index (χ2n) is 8.20. The molecule has 0 radical (unpaired) electrons. The van der Waals surface area contributed by atoms with Gasteiger partial charge in [0.05, 0.1) is 18.7 Å². The number of methoxy groups -OCH3 is 1. The first kappa shape index (κ1) is 22.3. The first-order valence-corrected chi connectivity index (χ1v) is 10.5. The highest BCUT2D eigenvalue weighted by molar-refractivity contribution is 6.51. The van der Waals surface area contributed by atoms with Gasteiger partial charge in [0.15, 0.2) is 0 Å². The molecule has 0 spiro atoms. The van der Waals surface area contributed by atoms with Gasteiger partial charge in [0.2, 0.25) is 0 Å². The summed E-state index contributed by atoms with van der Waals surface area (Å²) >= 11 is 0.